The molecule has 3 heterocycles. The molecule has 0 radical (unpaired) electrons. The highest BCUT2D eigenvalue weighted by Gasteiger charge is 2.21. The summed E-state index contributed by atoms with van der Waals surface area (Å²) in [5.41, 5.74) is -0.156. The molecular formula is C23H20N2O. The van der Waals surface area contributed by atoms with Gasteiger partial charge in [-0.3, -0.25) is 4.98 Å². The summed E-state index contributed by atoms with van der Waals surface area (Å²) in [5, 5.41) is 1.53. The number of aromatic nitrogens is 2. The number of hydrogen-bond donors (Lipinski definition) is 0. The number of furan rings is 1. The Hall–Kier alpha value is -2.94. The Morgan fingerprint density at radius 2 is 1.85 bits per heavy atom. The molecule has 0 N–H and O–H groups in total. The molecule has 26 heavy (non-hydrogen) atoms. The van der Waals surface area contributed by atoms with Crippen LogP contribution in [-0.2, 0) is 0 Å². The predicted molar refractivity (Wildman–Crippen MR) is 107 cm³/mol. The molecule has 0 atom stereocenters. The number of aryl methyl sites for hydroxylation is 5. The Bertz CT molecular complexity index is 1720. The van der Waals surface area contributed by atoms with E-state index in [2.05, 4.69) is 9.97 Å². The Morgan fingerprint density at radius 1 is 0.923 bits per heavy atom. The summed E-state index contributed by atoms with van der Waals surface area (Å²) in [7, 11) is 0. The minimum absolute atomic E-state index is 0.0109. The van der Waals surface area contributed by atoms with Crippen molar-refractivity contribution in [3.8, 4) is 11.3 Å². The fourth-order valence-corrected chi connectivity index (χ4v) is 3.52. The summed E-state index contributed by atoms with van der Waals surface area (Å²) in [4.78, 5) is 8.41. The van der Waals surface area contributed by atoms with Crippen LogP contribution in [0.15, 0.2) is 34.9 Å². The van der Waals surface area contributed by atoms with Gasteiger partial charge in [0.05, 0.1) is 11.1 Å². The van der Waals surface area contributed by atoms with Crippen LogP contribution in [0.3, 0.4) is 0 Å². The summed E-state index contributed by atoms with van der Waals surface area (Å²) < 4.78 is 101. The van der Waals surface area contributed by atoms with Crippen molar-refractivity contribution in [1.29, 1.82) is 0 Å². The van der Waals surface area contributed by atoms with E-state index in [4.69, 9.17) is 20.9 Å². The molecule has 0 unspecified atom stereocenters. The molecule has 0 fully saturated rings. The summed E-state index contributed by atoms with van der Waals surface area (Å²) in [6, 6.07) is 5.67. The zero-order valence-corrected chi connectivity index (χ0v) is 13.7. The Labute approximate surface area is 168 Å². The van der Waals surface area contributed by atoms with Crippen molar-refractivity contribution in [3.63, 3.8) is 0 Å². The first kappa shape index (κ1) is 7.36. The highest BCUT2D eigenvalue weighted by Crippen LogP contribution is 2.43. The molecule has 3 aromatic heterocycles. The topological polar surface area (TPSA) is 38.9 Å². The molecule has 0 aliphatic rings. The lowest BCUT2D eigenvalue weighted by molar-refractivity contribution is 0.654. The van der Waals surface area contributed by atoms with Crippen molar-refractivity contribution >= 4 is 32.8 Å². The Kier molecular flexibility index (Phi) is 1.43. The van der Waals surface area contributed by atoms with Crippen molar-refractivity contribution in [2.45, 2.75) is 34.3 Å². The van der Waals surface area contributed by atoms with Gasteiger partial charge in [-0.2, -0.15) is 0 Å². The quantitative estimate of drug-likeness (QED) is 0.338. The molecule has 3 heteroatoms. The van der Waals surface area contributed by atoms with Crippen LogP contribution in [0.2, 0.25) is 0 Å². The molecule has 0 saturated heterocycles. The maximum atomic E-state index is 8.14. The normalized spacial score (nSPS) is 20.8. The average Bonchev–Trinajstić information content (AvgIpc) is 3.15. The second kappa shape index (κ2) is 5.04. The van der Waals surface area contributed by atoms with Crippen LogP contribution in [-0.4, -0.2) is 9.97 Å². The van der Waals surface area contributed by atoms with Gasteiger partial charge < -0.3 is 4.42 Å². The van der Waals surface area contributed by atoms with Gasteiger partial charge in [0.25, 0.3) is 0 Å². The van der Waals surface area contributed by atoms with Crippen LogP contribution in [0.4, 0.5) is 0 Å². The van der Waals surface area contributed by atoms with Gasteiger partial charge in [0, 0.05) is 39.3 Å². The molecule has 3 nitrogen and oxygen atoms in total. The van der Waals surface area contributed by atoms with Crippen molar-refractivity contribution in [1.82, 2.24) is 9.97 Å². The smallest absolute Gasteiger partial charge is 0.228 e. The maximum absolute atomic E-state index is 8.14. The molecule has 0 amide bonds. The lowest BCUT2D eigenvalue weighted by Gasteiger charge is -2.11. The molecule has 0 spiro atoms. The van der Waals surface area contributed by atoms with Gasteiger partial charge in [-0.05, 0) is 85.6 Å². The molecule has 0 aliphatic carbocycles. The minimum Gasteiger partial charge on any atom is -0.437 e. The van der Waals surface area contributed by atoms with E-state index in [-0.39, 0.29) is 39.2 Å². The number of rotatable bonds is 1. The molecule has 5 rings (SSSR count). The van der Waals surface area contributed by atoms with Crippen molar-refractivity contribution in [2.24, 2.45) is 0 Å². The highest BCUT2D eigenvalue weighted by atomic mass is 16.3. The van der Waals surface area contributed by atoms with Gasteiger partial charge in [0.2, 0.25) is 5.71 Å². The van der Waals surface area contributed by atoms with Crippen molar-refractivity contribution < 1.29 is 20.9 Å². The summed E-state index contributed by atoms with van der Waals surface area (Å²) in [6.45, 7) is -9.01. The van der Waals surface area contributed by atoms with E-state index in [1.807, 2.05) is 0 Å². The fourth-order valence-electron chi connectivity index (χ4n) is 3.52. The third kappa shape index (κ3) is 1.88. The fraction of sp³-hybridized carbons (Fsp3) is 0.217. The van der Waals surface area contributed by atoms with Gasteiger partial charge >= 0.3 is 0 Å². The number of hydrogen-bond acceptors (Lipinski definition) is 3. The first-order chi connectivity index (χ1) is 17.3. The lowest BCUT2D eigenvalue weighted by Crippen LogP contribution is -1.92. The van der Waals surface area contributed by atoms with Crippen molar-refractivity contribution in [3.05, 3.63) is 58.4 Å². The number of pyridine rings is 2. The molecule has 128 valence electrons. The van der Waals surface area contributed by atoms with E-state index in [1.165, 1.54) is 12.1 Å². The van der Waals surface area contributed by atoms with Gasteiger partial charge in [0.15, 0.2) is 0 Å². The first-order valence-corrected chi connectivity index (χ1v) is 7.94. The van der Waals surface area contributed by atoms with Crippen LogP contribution in [0, 0.1) is 34.3 Å². The monoisotopic (exact) mass is 352 g/mol. The first-order valence-electron chi connectivity index (χ1n) is 13.9. The third-order valence-electron chi connectivity index (χ3n) is 4.82. The number of benzene rings is 2. The summed E-state index contributed by atoms with van der Waals surface area (Å²) in [6.07, 6.45) is 1.01. The van der Waals surface area contributed by atoms with E-state index in [0.29, 0.717) is 27.3 Å². The van der Waals surface area contributed by atoms with E-state index < -0.39 is 33.0 Å². The van der Waals surface area contributed by atoms with Crippen LogP contribution in [0.1, 0.15) is 44.4 Å². The van der Waals surface area contributed by atoms with Gasteiger partial charge in [0.1, 0.15) is 5.58 Å². The van der Waals surface area contributed by atoms with E-state index in [9.17, 15) is 0 Å². The lowest BCUT2D eigenvalue weighted by atomic mass is 9.92. The second-order valence-corrected chi connectivity index (χ2v) is 6.32. The molecule has 0 saturated carbocycles. The highest BCUT2D eigenvalue weighted by molar-refractivity contribution is 6.25. The van der Waals surface area contributed by atoms with E-state index >= 15 is 0 Å². The van der Waals surface area contributed by atoms with Crippen LogP contribution < -0.4 is 0 Å². The molecule has 0 aliphatic heterocycles. The molecule has 0 bridgehead atoms. The summed E-state index contributed by atoms with van der Waals surface area (Å²) in [5.74, 6) is 0. The van der Waals surface area contributed by atoms with Gasteiger partial charge in [-0.1, -0.05) is 6.07 Å². The third-order valence-corrected chi connectivity index (χ3v) is 4.82. The van der Waals surface area contributed by atoms with E-state index in [0.717, 1.165) is 6.20 Å². The Morgan fingerprint density at radius 3 is 2.65 bits per heavy atom. The maximum Gasteiger partial charge on any atom is 0.228 e. The van der Waals surface area contributed by atoms with Crippen molar-refractivity contribution in [2.75, 3.05) is 0 Å². The molecular weight excluding hydrogens is 320 g/mol. The van der Waals surface area contributed by atoms with Gasteiger partial charge in [-0.15, -0.1) is 0 Å². The van der Waals surface area contributed by atoms with Crippen LogP contribution in [0.25, 0.3) is 44.1 Å². The van der Waals surface area contributed by atoms with Crippen LogP contribution in [0.5, 0.6) is 0 Å². The zero-order valence-electron chi connectivity index (χ0n) is 25.7. The molecule has 5 aromatic rings. The predicted octanol–water partition coefficient (Wildman–Crippen LogP) is 6.18. The number of nitrogens with zero attached hydrogens (tertiary/aromatic N) is 2. The van der Waals surface area contributed by atoms with Crippen LogP contribution >= 0.6 is 0 Å². The standard InChI is InChI=1S/C23H20N2O/c1-11-8-19(24-10-12(11)2)17-7-6-16-14(4)15(5)18-9-13(3)25-23-21(18)20(16)22(17)26-23/h6-10H,1-5H3/i1D3,2D3,3D3,5D3. The largest absolute Gasteiger partial charge is 0.437 e. The SMILES string of the molecule is [2H]C([2H])([2H])c1cc2c(C([2H])([2H])[2H])c(C)c3ccc(-c4cc(C([2H])([2H])[2H])c(C([2H])([2H])[2H])cn4)c4oc(n1)c2c34. The zero-order chi connectivity index (χ0) is 28.2. The summed E-state index contributed by atoms with van der Waals surface area (Å²) >= 11 is 0. The minimum atomic E-state index is -2.74. The average molecular weight is 352 g/mol. The molecule has 2 aromatic carbocycles. The Balaban J connectivity index is 1.92. The van der Waals surface area contributed by atoms with E-state index in [1.54, 1.807) is 19.1 Å². The second-order valence-electron chi connectivity index (χ2n) is 6.32. The van der Waals surface area contributed by atoms with Gasteiger partial charge in [-0.25, -0.2) is 4.98 Å².